The third-order valence-electron chi connectivity index (χ3n) is 5.11. The fourth-order valence-corrected chi connectivity index (χ4v) is 3.67. The largest absolute Gasteiger partial charge is 0.455 e. The average molecular weight is 423 g/mol. The van der Waals surface area contributed by atoms with Gasteiger partial charge in [-0.1, -0.05) is 12.1 Å². The molecule has 1 aliphatic rings. The lowest BCUT2D eigenvalue weighted by Crippen LogP contribution is -2.48. The molecular weight excluding hydrogens is 409 g/mol. The first-order chi connectivity index (χ1) is 14.1. The highest BCUT2D eigenvalue weighted by Gasteiger charge is 2.64. The number of rotatable bonds is 2. The van der Waals surface area contributed by atoms with Crippen LogP contribution in [0.1, 0.15) is 19.4 Å². The van der Waals surface area contributed by atoms with E-state index in [1.54, 1.807) is 12.1 Å². The van der Waals surface area contributed by atoms with Crippen molar-refractivity contribution in [3.63, 3.8) is 0 Å². The van der Waals surface area contributed by atoms with Crippen LogP contribution in [0, 0.1) is 0 Å². The second-order valence-corrected chi connectivity index (χ2v) is 7.24. The first-order valence-corrected chi connectivity index (χ1v) is 9.06. The van der Waals surface area contributed by atoms with Gasteiger partial charge in [-0.05, 0) is 25.5 Å². The summed E-state index contributed by atoms with van der Waals surface area (Å²) in [4.78, 5) is 8.67. The van der Waals surface area contributed by atoms with E-state index in [-0.39, 0.29) is 17.3 Å². The van der Waals surface area contributed by atoms with Gasteiger partial charge in [0.1, 0.15) is 23.9 Å². The Labute approximate surface area is 165 Å². The molecule has 156 valence electrons. The molecule has 0 amide bonds. The standard InChI is InChI=1S/C18H14F5N7/c1-9-6-13(17(19,20)18(21,22)23)30-14(25-9)7-12(27-30)15-26-16-10-4-2-3-5-11(10)24-8-29(16)28-15/h2-5,7-9,13,25H,6H2,1H3/t9-,13+/m1/s1. The molecule has 0 fully saturated rings. The molecule has 0 radical (unpaired) electrons. The molecule has 0 saturated carbocycles. The Morgan fingerprint density at radius 3 is 2.63 bits per heavy atom. The maximum atomic E-state index is 14.2. The third kappa shape index (κ3) is 2.70. The zero-order chi connectivity index (χ0) is 21.3. The molecule has 0 saturated heterocycles. The monoisotopic (exact) mass is 423 g/mol. The Bertz CT molecular complexity index is 1260. The zero-order valence-electron chi connectivity index (χ0n) is 15.4. The van der Waals surface area contributed by atoms with Crippen LogP contribution in [0.3, 0.4) is 0 Å². The SMILES string of the molecule is C[C@@H]1C[C@@H](C(F)(F)C(F)(F)F)n2nc(-c3nc4c5ccccc5ncn4n3)cc2N1. The number of hydrogen-bond donors (Lipinski definition) is 1. The van der Waals surface area contributed by atoms with E-state index in [0.717, 1.165) is 5.39 Å². The normalized spacial score (nSPS) is 19.8. The molecule has 3 aromatic heterocycles. The van der Waals surface area contributed by atoms with E-state index in [1.165, 1.54) is 23.8 Å². The van der Waals surface area contributed by atoms with Crippen molar-refractivity contribution >= 4 is 22.4 Å². The summed E-state index contributed by atoms with van der Waals surface area (Å²) in [5, 5.41) is 11.9. The zero-order valence-corrected chi connectivity index (χ0v) is 15.4. The van der Waals surface area contributed by atoms with E-state index < -0.39 is 30.6 Å². The minimum absolute atomic E-state index is 0.0551. The minimum Gasteiger partial charge on any atom is -0.368 e. The second kappa shape index (κ2) is 6.09. The lowest BCUT2D eigenvalue weighted by atomic mass is 9.99. The number of benzene rings is 1. The van der Waals surface area contributed by atoms with Crippen molar-refractivity contribution in [1.29, 1.82) is 0 Å². The van der Waals surface area contributed by atoms with Crippen LogP contribution in [0.5, 0.6) is 0 Å². The smallest absolute Gasteiger partial charge is 0.368 e. The van der Waals surface area contributed by atoms with E-state index >= 15 is 0 Å². The third-order valence-corrected chi connectivity index (χ3v) is 5.11. The number of anilines is 1. The topological polar surface area (TPSA) is 72.9 Å². The first kappa shape index (κ1) is 18.7. The van der Waals surface area contributed by atoms with Gasteiger partial charge in [0.25, 0.3) is 0 Å². The number of nitrogens with one attached hydrogen (secondary N) is 1. The number of nitrogens with zero attached hydrogens (tertiary/aromatic N) is 6. The molecule has 0 bridgehead atoms. The van der Waals surface area contributed by atoms with Gasteiger partial charge in [-0.15, -0.1) is 5.10 Å². The van der Waals surface area contributed by atoms with E-state index in [2.05, 4.69) is 25.5 Å². The quantitative estimate of drug-likeness (QED) is 0.492. The first-order valence-electron chi connectivity index (χ1n) is 9.06. The van der Waals surface area contributed by atoms with Crippen molar-refractivity contribution in [2.75, 3.05) is 5.32 Å². The lowest BCUT2D eigenvalue weighted by molar-refractivity contribution is -0.301. The minimum atomic E-state index is -5.69. The molecule has 0 unspecified atom stereocenters. The van der Waals surface area contributed by atoms with Gasteiger partial charge in [0.05, 0.1) is 5.52 Å². The molecule has 5 rings (SSSR count). The van der Waals surface area contributed by atoms with Crippen LogP contribution in [0.15, 0.2) is 36.7 Å². The van der Waals surface area contributed by atoms with Crippen LogP contribution in [0.2, 0.25) is 0 Å². The van der Waals surface area contributed by atoms with Gasteiger partial charge in [0.2, 0.25) is 5.82 Å². The average Bonchev–Trinajstić information content (AvgIpc) is 3.30. The van der Waals surface area contributed by atoms with Crippen LogP contribution in [0.4, 0.5) is 27.8 Å². The van der Waals surface area contributed by atoms with Crippen LogP contribution < -0.4 is 5.32 Å². The summed E-state index contributed by atoms with van der Waals surface area (Å²) in [6.07, 6.45) is -4.68. The van der Waals surface area contributed by atoms with Gasteiger partial charge in [-0.2, -0.15) is 27.1 Å². The number of alkyl halides is 5. The molecule has 30 heavy (non-hydrogen) atoms. The highest BCUT2D eigenvalue weighted by atomic mass is 19.4. The molecule has 1 aliphatic heterocycles. The Balaban J connectivity index is 1.63. The maximum Gasteiger partial charge on any atom is 0.455 e. The van der Waals surface area contributed by atoms with Crippen molar-refractivity contribution in [2.45, 2.75) is 37.5 Å². The van der Waals surface area contributed by atoms with Crippen LogP contribution in [0.25, 0.3) is 28.1 Å². The fraction of sp³-hybridized carbons (Fsp3) is 0.333. The molecule has 0 spiro atoms. The molecule has 12 heteroatoms. The predicted molar refractivity (Wildman–Crippen MR) is 97.2 cm³/mol. The van der Waals surface area contributed by atoms with Gasteiger partial charge in [0.15, 0.2) is 5.65 Å². The summed E-state index contributed by atoms with van der Waals surface area (Å²) in [7, 11) is 0. The molecule has 2 atom stereocenters. The Kier molecular flexibility index (Phi) is 3.80. The molecular formula is C18H14F5N7. The van der Waals surface area contributed by atoms with Gasteiger partial charge >= 0.3 is 12.1 Å². The highest BCUT2D eigenvalue weighted by molar-refractivity contribution is 5.91. The van der Waals surface area contributed by atoms with Gasteiger partial charge in [-0.25, -0.2) is 19.2 Å². The molecule has 4 aromatic rings. The van der Waals surface area contributed by atoms with E-state index in [1.807, 2.05) is 12.1 Å². The Hall–Kier alpha value is -3.31. The Morgan fingerprint density at radius 1 is 1.10 bits per heavy atom. The number of fused-ring (bicyclic) bond motifs is 4. The predicted octanol–water partition coefficient (Wildman–Crippen LogP) is 4.08. The summed E-state index contributed by atoms with van der Waals surface area (Å²) in [6.45, 7) is 1.54. The summed E-state index contributed by atoms with van der Waals surface area (Å²) < 4.78 is 69.5. The summed E-state index contributed by atoms with van der Waals surface area (Å²) in [5.41, 5.74) is 1.25. The number of para-hydroxylation sites is 1. The van der Waals surface area contributed by atoms with Gasteiger partial charge in [-0.3, -0.25) is 0 Å². The molecule has 1 N–H and O–H groups in total. The Morgan fingerprint density at radius 2 is 1.87 bits per heavy atom. The van der Waals surface area contributed by atoms with Crippen molar-refractivity contribution in [3.05, 3.63) is 36.7 Å². The number of hydrogen-bond acceptors (Lipinski definition) is 5. The van der Waals surface area contributed by atoms with E-state index in [0.29, 0.717) is 15.8 Å². The van der Waals surface area contributed by atoms with Crippen LogP contribution >= 0.6 is 0 Å². The number of halogens is 5. The highest BCUT2D eigenvalue weighted by Crippen LogP contribution is 2.48. The van der Waals surface area contributed by atoms with Gasteiger partial charge in [0, 0.05) is 17.5 Å². The lowest BCUT2D eigenvalue weighted by Gasteiger charge is -2.35. The van der Waals surface area contributed by atoms with Crippen molar-refractivity contribution in [1.82, 2.24) is 29.4 Å². The maximum absolute atomic E-state index is 14.2. The molecule has 4 heterocycles. The van der Waals surface area contributed by atoms with E-state index in [9.17, 15) is 22.0 Å². The second-order valence-electron chi connectivity index (χ2n) is 7.24. The molecule has 7 nitrogen and oxygen atoms in total. The summed E-state index contributed by atoms with van der Waals surface area (Å²) in [6, 6.07) is 5.84. The van der Waals surface area contributed by atoms with Crippen molar-refractivity contribution in [2.24, 2.45) is 0 Å². The van der Waals surface area contributed by atoms with Crippen molar-refractivity contribution in [3.8, 4) is 11.5 Å². The van der Waals surface area contributed by atoms with Gasteiger partial charge < -0.3 is 5.32 Å². The van der Waals surface area contributed by atoms with Crippen LogP contribution in [-0.4, -0.2) is 47.5 Å². The summed E-state index contributed by atoms with van der Waals surface area (Å²) in [5.74, 6) is -4.79. The molecule has 1 aromatic carbocycles. The molecule has 0 aliphatic carbocycles. The van der Waals surface area contributed by atoms with Crippen LogP contribution in [-0.2, 0) is 0 Å². The summed E-state index contributed by atoms with van der Waals surface area (Å²) >= 11 is 0. The fourth-order valence-electron chi connectivity index (χ4n) is 3.67. The van der Waals surface area contributed by atoms with Crippen molar-refractivity contribution < 1.29 is 22.0 Å². The number of aromatic nitrogens is 6. The van der Waals surface area contributed by atoms with E-state index in [4.69, 9.17) is 0 Å².